The van der Waals surface area contributed by atoms with Gasteiger partial charge in [-0.25, -0.2) is 9.59 Å². The molecule has 2 atom stereocenters. The van der Waals surface area contributed by atoms with Crippen molar-refractivity contribution in [2.24, 2.45) is 0 Å². The maximum Gasteiger partial charge on any atom is 0.490 e. The standard InChI is InChI=1S/C20H23N3O.2C2HF3O2/c1-15-6-2-3-7-16(15)13-23-18-9-11-22(19(18)12-20(23)24)14-17-8-4-5-10-21-17;2*3-2(4,5)1(6)7/h2-8,10,18-19H,9,11-14H2,1H3;2*(H,6,7)/t18-,19-;;/m0../s1. The Bertz CT molecular complexity index is 1090. The Morgan fingerprint density at radius 2 is 1.47 bits per heavy atom. The smallest absolute Gasteiger partial charge is 0.475 e. The predicted octanol–water partition coefficient (Wildman–Crippen LogP) is 4.03. The Hall–Kier alpha value is -3.68. The van der Waals surface area contributed by atoms with Gasteiger partial charge in [0.1, 0.15) is 0 Å². The molecule has 2 N–H and O–H groups in total. The average molecular weight is 549 g/mol. The van der Waals surface area contributed by atoms with Gasteiger partial charge in [-0.05, 0) is 36.6 Å². The van der Waals surface area contributed by atoms with Gasteiger partial charge in [0, 0.05) is 44.3 Å². The molecule has 0 aliphatic carbocycles. The van der Waals surface area contributed by atoms with Gasteiger partial charge in [-0.1, -0.05) is 30.3 Å². The number of halogens is 6. The zero-order valence-corrected chi connectivity index (χ0v) is 20.0. The fourth-order valence-electron chi connectivity index (χ4n) is 4.08. The first kappa shape index (κ1) is 30.5. The van der Waals surface area contributed by atoms with Gasteiger partial charge in [-0.3, -0.25) is 14.7 Å². The molecule has 8 nitrogen and oxygen atoms in total. The summed E-state index contributed by atoms with van der Waals surface area (Å²) in [4.78, 5) is 39.3. The molecule has 208 valence electrons. The second-order valence-corrected chi connectivity index (χ2v) is 8.47. The van der Waals surface area contributed by atoms with E-state index < -0.39 is 24.3 Å². The normalized spacial score (nSPS) is 19.1. The van der Waals surface area contributed by atoms with Crippen LogP contribution in [0.5, 0.6) is 0 Å². The van der Waals surface area contributed by atoms with Crippen LogP contribution in [0.3, 0.4) is 0 Å². The van der Waals surface area contributed by atoms with E-state index in [1.807, 2.05) is 18.3 Å². The number of alkyl halides is 6. The predicted molar refractivity (Wildman–Crippen MR) is 121 cm³/mol. The molecule has 2 aliphatic heterocycles. The number of pyridine rings is 1. The molecule has 0 bridgehead atoms. The Morgan fingerprint density at radius 3 is 1.97 bits per heavy atom. The van der Waals surface area contributed by atoms with Gasteiger partial charge in [-0.2, -0.15) is 26.3 Å². The summed E-state index contributed by atoms with van der Waals surface area (Å²) in [5.41, 5.74) is 3.61. The maximum atomic E-state index is 12.6. The van der Waals surface area contributed by atoms with Crippen LogP contribution in [0.1, 0.15) is 29.7 Å². The van der Waals surface area contributed by atoms with E-state index >= 15 is 0 Å². The van der Waals surface area contributed by atoms with Gasteiger partial charge in [-0.15, -0.1) is 0 Å². The summed E-state index contributed by atoms with van der Waals surface area (Å²) in [5, 5.41) is 14.2. The van der Waals surface area contributed by atoms with Crippen molar-refractivity contribution in [3.63, 3.8) is 0 Å². The second-order valence-electron chi connectivity index (χ2n) is 8.47. The summed E-state index contributed by atoms with van der Waals surface area (Å²) in [6.45, 7) is 4.75. The summed E-state index contributed by atoms with van der Waals surface area (Å²) < 4.78 is 63.5. The Balaban J connectivity index is 0.000000301. The first-order valence-corrected chi connectivity index (χ1v) is 11.2. The third-order valence-corrected chi connectivity index (χ3v) is 5.91. The number of rotatable bonds is 4. The fraction of sp³-hybridized carbons (Fsp3) is 0.417. The zero-order valence-electron chi connectivity index (χ0n) is 20.0. The molecule has 2 fully saturated rings. The molecule has 38 heavy (non-hydrogen) atoms. The molecule has 3 heterocycles. The topological polar surface area (TPSA) is 111 Å². The SMILES string of the molecule is Cc1ccccc1CN1C(=O)C[C@H]2[C@@H]1CCN2Cc1ccccn1.O=C(O)C(F)(F)F.O=C(O)C(F)(F)F. The van der Waals surface area contributed by atoms with Crippen LogP contribution in [-0.2, 0) is 27.5 Å². The average Bonchev–Trinajstić information content (AvgIpc) is 3.34. The number of carboxylic acid groups (broad SMARTS) is 2. The molecular weight excluding hydrogens is 524 g/mol. The lowest BCUT2D eigenvalue weighted by molar-refractivity contribution is -0.193. The molecule has 0 saturated carbocycles. The molecule has 14 heteroatoms. The van der Waals surface area contributed by atoms with Crippen LogP contribution in [0.2, 0.25) is 0 Å². The van der Waals surface area contributed by atoms with Crippen molar-refractivity contribution in [3.05, 3.63) is 65.5 Å². The largest absolute Gasteiger partial charge is 0.490 e. The van der Waals surface area contributed by atoms with E-state index in [4.69, 9.17) is 19.8 Å². The van der Waals surface area contributed by atoms with Gasteiger partial charge < -0.3 is 15.1 Å². The fourth-order valence-corrected chi connectivity index (χ4v) is 4.08. The molecule has 1 aromatic carbocycles. The minimum atomic E-state index is -5.08. The lowest BCUT2D eigenvalue weighted by Crippen LogP contribution is -2.36. The van der Waals surface area contributed by atoms with E-state index in [1.165, 1.54) is 11.1 Å². The van der Waals surface area contributed by atoms with Gasteiger partial charge in [0.2, 0.25) is 5.91 Å². The summed E-state index contributed by atoms with van der Waals surface area (Å²) >= 11 is 0. The van der Waals surface area contributed by atoms with Crippen LogP contribution < -0.4 is 0 Å². The zero-order chi connectivity index (χ0) is 28.7. The molecule has 2 aromatic rings. The maximum absolute atomic E-state index is 12.6. The van der Waals surface area contributed by atoms with E-state index in [0.717, 1.165) is 31.7 Å². The number of hydrogen-bond acceptors (Lipinski definition) is 5. The molecule has 1 amide bonds. The van der Waals surface area contributed by atoms with E-state index in [0.29, 0.717) is 24.4 Å². The van der Waals surface area contributed by atoms with Crippen molar-refractivity contribution in [1.29, 1.82) is 0 Å². The van der Waals surface area contributed by atoms with Crippen LogP contribution in [0, 0.1) is 6.92 Å². The van der Waals surface area contributed by atoms with Crippen LogP contribution in [0.25, 0.3) is 0 Å². The van der Waals surface area contributed by atoms with Crippen LogP contribution >= 0.6 is 0 Å². The second kappa shape index (κ2) is 12.7. The number of carboxylic acids is 2. The molecule has 4 rings (SSSR count). The molecule has 0 unspecified atom stereocenters. The summed E-state index contributed by atoms with van der Waals surface area (Å²) in [6, 6.07) is 15.1. The third-order valence-electron chi connectivity index (χ3n) is 5.91. The lowest BCUT2D eigenvalue weighted by Gasteiger charge is -2.26. The summed E-state index contributed by atoms with van der Waals surface area (Å²) in [5.74, 6) is -5.22. The van der Waals surface area contributed by atoms with Crippen LogP contribution in [-0.4, -0.2) is 73.8 Å². The number of likely N-dealkylation sites (tertiary alicyclic amines) is 2. The highest BCUT2D eigenvalue weighted by Crippen LogP contribution is 2.34. The summed E-state index contributed by atoms with van der Waals surface area (Å²) in [7, 11) is 0. The first-order chi connectivity index (χ1) is 17.6. The molecule has 1 aromatic heterocycles. The highest BCUT2D eigenvalue weighted by atomic mass is 19.4. The first-order valence-electron chi connectivity index (χ1n) is 11.2. The van der Waals surface area contributed by atoms with E-state index in [1.54, 1.807) is 0 Å². The summed E-state index contributed by atoms with van der Waals surface area (Å²) in [6.07, 6.45) is -6.62. The number of amides is 1. The van der Waals surface area contributed by atoms with Crippen LogP contribution in [0.4, 0.5) is 26.3 Å². The minimum absolute atomic E-state index is 0.291. The minimum Gasteiger partial charge on any atom is -0.475 e. The quantitative estimate of drug-likeness (QED) is 0.554. The van der Waals surface area contributed by atoms with E-state index in [9.17, 15) is 31.1 Å². The van der Waals surface area contributed by atoms with Gasteiger partial charge in [0.15, 0.2) is 0 Å². The van der Waals surface area contributed by atoms with Crippen molar-refractivity contribution in [2.45, 2.75) is 57.3 Å². The number of benzene rings is 1. The van der Waals surface area contributed by atoms with Gasteiger partial charge in [0.05, 0.1) is 5.69 Å². The van der Waals surface area contributed by atoms with Crippen molar-refractivity contribution in [3.8, 4) is 0 Å². The van der Waals surface area contributed by atoms with Gasteiger partial charge >= 0.3 is 24.3 Å². The molecular formula is C24H25F6N3O5. The molecule has 0 radical (unpaired) electrons. The van der Waals surface area contributed by atoms with Gasteiger partial charge in [0.25, 0.3) is 0 Å². The lowest BCUT2D eigenvalue weighted by atomic mass is 10.1. The van der Waals surface area contributed by atoms with Crippen molar-refractivity contribution < 1.29 is 50.9 Å². The Morgan fingerprint density at radius 1 is 0.921 bits per heavy atom. The highest BCUT2D eigenvalue weighted by Gasteiger charge is 2.46. The van der Waals surface area contributed by atoms with Crippen molar-refractivity contribution in [2.75, 3.05) is 6.54 Å². The van der Waals surface area contributed by atoms with Crippen molar-refractivity contribution >= 4 is 17.8 Å². The third kappa shape index (κ3) is 8.71. The number of carbonyl (C=O) groups excluding carboxylic acids is 1. The monoisotopic (exact) mass is 549 g/mol. The highest BCUT2D eigenvalue weighted by molar-refractivity contribution is 5.80. The Kier molecular flexibility index (Phi) is 10.2. The van der Waals surface area contributed by atoms with Crippen molar-refractivity contribution in [1.82, 2.24) is 14.8 Å². The van der Waals surface area contributed by atoms with E-state index in [2.05, 4.69) is 52.0 Å². The molecule has 2 aliphatic rings. The number of nitrogens with zero attached hydrogens (tertiary/aromatic N) is 3. The Labute approximate surface area is 213 Å². The number of carbonyl (C=O) groups is 3. The number of aryl methyl sites for hydroxylation is 1. The molecule has 0 spiro atoms. The van der Waals surface area contributed by atoms with E-state index in [-0.39, 0.29) is 0 Å². The number of hydrogen-bond donors (Lipinski definition) is 2. The molecule has 2 saturated heterocycles. The van der Waals surface area contributed by atoms with Crippen LogP contribution in [0.15, 0.2) is 48.7 Å². The number of fused-ring (bicyclic) bond motifs is 1. The number of aromatic nitrogens is 1. The number of aliphatic carboxylic acids is 2.